The van der Waals surface area contributed by atoms with Crippen LogP contribution in [0.15, 0.2) is 24.3 Å². The third-order valence-corrected chi connectivity index (χ3v) is 3.07. The molecule has 0 aliphatic carbocycles. The number of rotatable bonds is 3. The van der Waals surface area contributed by atoms with Gasteiger partial charge in [-0.05, 0) is 26.0 Å². The van der Waals surface area contributed by atoms with Gasteiger partial charge in [-0.3, -0.25) is 15.1 Å². The summed E-state index contributed by atoms with van der Waals surface area (Å²) in [6, 6.07) is 5.84. The molecule has 0 unspecified atom stereocenters. The summed E-state index contributed by atoms with van der Waals surface area (Å²) < 4.78 is 12.0. The van der Waals surface area contributed by atoms with Crippen LogP contribution in [0.25, 0.3) is 10.9 Å². The molecule has 2 rings (SSSR count). The number of carbonyl (C=O) groups excluding carboxylic acids is 1. The number of benzene rings is 1. The highest BCUT2D eigenvalue weighted by Gasteiger charge is 2.34. The molecule has 19 heavy (non-hydrogen) atoms. The lowest BCUT2D eigenvalue weighted by molar-refractivity contribution is -0.384. The molecule has 0 fully saturated rings. The zero-order valence-corrected chi connectivity index (χ0v) is 10.3. The lowest BCUT2D eigenvalue weighted by atomic mass is 9.90. The van der Waals surface area contributed by atoms with Crippen molar-refractivity contribution < 1.29 is 19.2 Å². The fourth-order valence-corrected chi connectivity index (χ4v) is 1.78. The minimum atomic E-state index is -1.21. The van der Waals surface area contributed by atoms with E-state index in [0.29, 0.717) is 16.6 Å². The van der Waals surface area contributed by atoms with E-state index in [2.05, 4.69) is 9.93 Å². The molecule has 0 spiro atoms. The second-order valence-corrected chi connectivity index (χ2v) is 4.70. The van der Waals surface area contributed by atoms with E-state index in [1.54, 1.807) is 6.07 Å². The van der Waals surface area contributed by atoms with Gasteiger partial charge in [0, 0.05) is 33.3 Å². The Labute approximate surface area is 107 Å². The van der Waals surface area contributed by atoms with Gasteiger partial charge in [0.25, 0.3) is 5.69 Å². The van der Waals surface area contributed by atoms with Gasteiger partial charge in [0.15, 0.2) is 0 Å². The standard InChI is InChI=1S/C12H11FN2O4/c1-12(2,11(16)19-13)10-6-7-5-8(15(17)18)3-4-9(7)14-10/h3-6,14H,1-2H3. The largest absolute Gasteiger partial charge is 0.360 e. The number of nitrogens with one attached hydrogen (secondary N) is 1. The molecule has 0 aliphatic heterocycles. The molecule has 6 nitrogen and oxygen atoms in total. The maximum atomic E-state index is 12.0. The minimum Gasteiger partial charge on any atom is -0.357 e. The van der Waals surface area contributed by atoms with Crippen molar-refractivity contribution in [2.24, 2.45) is 0 Å². The molecule has 0 saturated carbocycles. The third kappa shape index (κ3) is 2.14. The number of aromatic nitrogens is 1. The lowest BCUT2D eigenvalue weighted by Gasteiger charge is -2.17. The number of non-ortho nitro benzene ring substituents is 1. The fraction of sp³-hybridized carbons (Fsp3) is 0.250. The molecule has 1 heterocycles. The first-order valence-corrected chi connectivity index (χ1v) is 5.47. The van der Waals surface area contributed by atoms with Crippen LogP contribution >= 0.6 is 0 Å². The number of hydrogen-bond acceptors (Lipinski definition) is 4. The zero-order chi connectivity index (χ0) is 14.2. The minimum absolute atomic E-state index is 0.0519. The molecule has 0 atom stereocenters. The maximum Gasteiger partial charge on any atom is 0.360 e. The number of nitro groups is 1. The molecule has 0 aliphatic rings. The molecular weight excluding hydrogens is 255 g/mol. The number of carbonyl (C=O) groups is 1. The Kier molecular flexibility index (Phi) is 2.97. The number of hydrogen-bond donors (Lipinski definition) is 1. The molecule has 0 amide bonds. The number of fused-ring (bicyclic) bond motifs is 1. The first-order chi connectivity index (χ1) is 8.86. The van der Waals surface area contributed by atoms with Crippen LogP contribution in [0.5, 0.6) is 0 Å². The predicted octanol–water partition coefficient (Wildman–Crippen LogP) is 2.78. The Balaban J connectivity index is 2.53. The quantitative estimate of drug-likeness (QED) is 0.683. The summed E-state index contributed by atoms with van der Waals surface area (Å²) in [6.45, 7) is 2.99. The van der Waals surface area contributed by atoms with Crippen molar-refractivity contribution in [2.45, 2.75) is 19.3 Å². The second-order valence-electron chi connectivity index (χ2n) is 4.70. The van der Waals surface area contributed by atoms with E-state index < -0.39 is 16.3 Å². The van der Waals surface area contributed by atoms with Crippen molar-refractivity contribution in [1.82, 2.24) is 4.98 Å². The molecule has 1 aromatic heterocycles. The van der Waals surface area contributed by atoms with Gasteiger partial charge < -0.3 is 4.98 Å². The van der Waals surface area contributed by atoms with Crippen molar-refractivity contribution in [1.29, 1.82) is 0 Å². The Morgan fingerprint density at radius 3 is 2.68 bits per heavy atom. The van der Waals surface area contributed by atoms with E-state index in [1.165, 1.54) is 32.0 Å². The number of nitro benzene ring substituents is 1. The smallest absolute Gasteiger partial charge is 0.357 e. The Hall–Kier alpha value is -2.44. The fourth-order valence-electron chi connectivity index (χ4n) is 1.78. The molecular formula is C12H11FN2O4. The number of halogens is 1. The van der Waals surface area contributed by atoms with Crippen molar-refractivity contribution in [3.05, 3.63) is 40.1 Å². The van der Waals surface area contributed by atoms with Gasteiger partial charge in [0.2, 0.25) is 0 Å². The summed E-state index contributed by atoms with van der Waals surface area (Å²) in [4.78, 5) is 27.7. The van der Waals surface area contributed by atoms with Gasteiger partial charge >= 0.3 is 5.97 Å². The monoisotopic (exact) mass is 266 g/mol. The summed E-state index contributed by atoms with van der Waals surface area (Å²) in [5.41, 5.74) is -0.211. The number of H-pyrrole nitrogens is 1. The number of nitrogens with zero attached hydrogens (tertiary/aromatic N) is 1. The summed E-state index contributed by atoms with van der Waals surface area (Å²) in [7, 11) is 0. The van der Waals surface area contributed by atoms with Crippen LogP contribution in [0.4, 0.5) is 10.2 Å². The lowest BCUT2D eigenvalue weighted by Crippen LogP contribution is -2.29. The highest BCUT2D eigenvalue weighted by atomic mass is 19.3. The van der Waals surface area contributed by atoms with Crippen molar-refractivity contribution >= 4 is 22.6 Å². The van der Waals surface area contributed by atoms with E-state index in [1.807, 2.05) is 0 Å². The summed E-state index contributed by atoms with van der Waals surface area (Å²) in [5.74, 6) is -1.03. The maximum absolute atomic E-state index is 12.0. The van der Waals surface area contributed by atoms with Gasteiger partial charge in [0.05, 0.1) is 4.92 Å². The second kappa shape index (κ2) is 4.34. The van der Waals surface area contributed by atoms with Crippen molar-refractivity contribution in [3.8, 4) is 0 Å². The van der Waals surface area contributed by atoms with Crippen LogP contribution in [-0.4, -0.2) is 15.9 Å². The van der Waals surface area contributed by atoms with Crippen LogP contribution in [0.1, 0.15) is 19.5 Å². The zero-order valence-electron chi connectivity index (χ0n) is 10.3. The highest BCUT2D eigenvalue weighted by molar-refractivity contribution is 5.87. The van der Waals surface area contributed by atoms with Crippen LogP contribution in [0.2, 0.25) is 0 Å². The van der Waals surface area contributed by atoms with Crippen LogP contribution < -0.4 is 0 Å². The molecule has 0 radical (unpaired) electrons. The molecule has 1 N–H and O–H groups in total. The summed E-state index contributed by atoms with van der Waals surface area (Å²) >= 11 is 0. The molecule has 100 valence electrons. The third-order valence-electron chi connectivity index (χ3n) is 3.07. The van der Waals surface area contributed by atoms with Crippen LogP contribution in [-0.2, 0) is 15.2 Å². The summed E-state index contributed by atoms with van der Waals surface area (Å²) in [5, 5.41) is 11.2. The molecule has 1 aromatic carbocycles. The van der Waals surface area contributed by atoms with E-state index in [4.69, 9.17) is 0 Å². The molecule has 7 heteroatoms. The Morgan fingerprint density at radius 2 is 2.11 bits per heavy atom. The van der Waals surface area contributed by atoms with Crippen molar-refractivity contribution in [2.75, 3.05) is 0 Å². The summed E-state index contributed by atoms with van der Waals surface area (Å²) in [6.07, 6.45) is 0. The van der Waals surface area contributed by atoms with Gasteiger partial charge in [-0.25, -0.2) is 4.79 Å². The van der Waals surface area contributed by atoms with E-state index in [9.17, 15) is 19.4 Å². The SMILES string of the molecule is CC(C)(C(=O)OF)c1cc2cc([N+](=O)[O-])ccc2[nH]1. The first-order valence-electron chi connectivity index (χ1n) is 5.47. The molecule has 0 bridgehead atoms. The van der Waals surface area contributed by atoms with E-state index in [0.717, 1.165) is 0 Å². The average molecular weight is 266 g/mol. The highest BCUT2D eigenvalue weighted by Crippen LogP contribution is 2.29. The van der Waals surface area contributed by atoms with Crippen LogP contribution in [0.3, 0.4) is 0 Å². The predicted molar refractivity (Wildman–Crippen MR) is 65.2 cm³/mol. The van der Waals surface area contributed by atoms with Gasteiger partial charge in [0.1, 0.15) is 5.41 Å². The van der Waals surface area contributed by atoms with Gasteiger partial charge in [-0.2, -0.15) is 0 Å². The number of aromatic amines is 1. The van der Waals surface area contributed by atoms with Gasteiger partial charge in [-0.1, -0.05) is 0 Å². The Morgan fingerprint density at radius 1 is 1.42 bits per heavy atom. The van der Waals surface area contributed by atoms with Gasteiger partial charge in [-0.15, -0.1) is 0 Å². The Bertz CT molecular complexity index is 663. The topological polar surface area (TPSA) is 85.2 Å². The normalized spacial score (nSPS) is 11.5. The first kappa shape index (κ1) is 13.0. The molecule has 2 aromatic rings. The van der Waals surface area contributed by atoms with E-state index in [-0.39, 0.29) is 5.69 Å². The molecule has 0 saturated heterocycles. The van der Waals surface area contributed by atoms with E-state index >= 15 is 0 Å². The average Bonchev–Trinajstić information content (AvgIpc) is 2.80. The van der Waals surface area contributed by atoms with Crippen molar-refractivity contribution in [3.63, 3.8) is 0 Å². The van der Waals surface area contributed by atoms with Crippen LogP contribution in [0, 0.1) is 10.1 Å².